The van der Waals surface area contributed by atoms with Crippen LogP contribution in [0.1, 0.15) is 11.4 Å². The molecule has 96 valence electrons. The zero-order chi connectivity index (χ0) is 12.5. The zero-order valence-corrected chi connectivity index (χ0v) is 10.5. The Morgan fingerprint density at radius 3 is 2.56 bits per heavy atom. The Labute approximate surface area is 104 Å². The minimum absolute atomic E-state index is 0.702. The molecule has 0 spiro atoms. The van der Waals surface area contributed by atoms with Gasteiger partial charge in [-0.2, -0.15) is 0 Å². The molecular formula is C12H15N3O3. The topological polar surface area (TPSA) is 64.5 Å². The second-order valence-corrected chi connectivity index (χ2v) is 4.38. The van der Waals surface area contributed by atoms with Crippen molar-refractivity contribution >= 4 is 5.88 Å². The molecule has 3 heterocycles. The Morgan fingerprint density at radius 1 is 1.11 bits per heavy atom. The molecule has 1 fully saturated rings. The number of anilines is 1. The van der Waals surface area contributed by atoms with Gasteiger partial charge in [-0.1, -0.05) is 10.3 Å². The van der Waals surface area contributed by atoms with Crippen LogP contribution in [0.15, 0.2) is 15.1 Å². The van der Waals surface area contributed by atoms with E-state index in [0.717, 1.165) is 35.9 Å². The molecule has 0 unspecified atom stereocenters. The van der Waals surface area contributed by atoms with Crippen molar-refractivity contribution < 1.29 is 13.8 Å². The first-order valence-electron chi connectivity index (χ1n) is 5.98. The maximum Gasteiger partial charge on any atom is 0.238 e. The van der Waals surface area contributed by atoms with E-state index < -0.39 is 0 Å². The van der Waals surface area contributed by atoms with E-state index in [9.17, 15) is 0 Å². The van der Waals surface area contributed by atoms with Gasteiger partial charge in [0.2, 0.25) is 5.88 Å². The summed E-state index contributed by atoms with van der Waals surface area (Å²) in [6, 6.07) is 1.89. The van der Waals surface area contributed by atoms with Gasteiger partial charge in [-0.3, -0.25) is 0 Å². The summed E-state index contributed by atoms with van der Waals surface area (Å²) in [6.45, 7) is 6.80. The second-order valence-electron chi connectivity index (χ2n) is 4.38. The minimum Gasteiger partial charge on any atom is -0.378 e. The number of hydrogen-bond acceptors (Lipinski definition) is 6. The van der Waals surface area contributed by atoms with Crippen LogP contribution in [-0.4, -0.2) is 36.6 Å². The standard InChI is InChI=1S/C12H15N3O3/c1-8-7-10(17-13-8)11-9(2)14-18-12(11)15-3-5-16-6-4-15/h7H,3-6H2,1-2H3. The highest BCUT2D eigenvalue weighted by atomic mass is 16.5. The van der Waals surface area contributed by atoms with Gasteiger partial charge in [0.25, 0.3) is 0 Å². The number of aryl methyl sites for hydroxylation is 2. The maximum absolute atomic E-state index is 5.43. The molecule has 0 radical (unpaired) electrons. The quantitative estimate of drug-likeness (QED) is 0.808. The highest BCUT2D eigenvalue weighted by molar-refractivity contribution is 5.73. The fraction of sp³-hybridized carbons (Fsp3) is 0.500. The molecular weight excluding hydrogens is 234 g/mol. The lowest BCUT2D eigenvalue weighted by molar-refractivity contribution is 0.120. The van der Waals surface area contributed by atoms with Crippen molar-refractivity contribution in [2.75, 3.05) is 31.2 Å². The van der Waals surface area contributed by atoms with Gasteiger partial charge < -0.3 is 18.7 Å². The van der Waals surface area contributed by atoms with E-state index in [0.29, 0.717) is 19.0 Å². The third-order valence-corrected chi connectivity index (χ3v) is 3.02. The predicted molar refractivity (Wildman–Crippen MR) is 64.5 cm³/mol. The van der Waals surface area contributed by atoms with Crippen molar-refractivity contribution in [3.63, 3.8) is 0 Å². The van der Waals surface area contributed by atoms with Gasteiger partial charge in [-0.05, 0) is 13.8 Å². The highest BCUT2D eigenvalue weighted by Crippen LogP contribution is 2.34. The van der Waals surface area contributed by atoms with E-state index >= 15 is 0 Å². The van der Waals surface area contributed by atoms with E-state index in [1.165, 1.54) is 0 Å². The molecule has 0 amide bonds. The molecule has 0 aliphatic carbocycles. The largest absolute Gasteiger partial charge is 0.378 e. The molecule has 1 saturated heterocycles. The Hall–Kier alpha value is -1.82. The Kier molecular flexibility index (Phi) is 2.79. The third kappa shape index (κ3) is 1.88. The highest BCUT2D eigenvalue weighted by Gasteiger charge is 2.24. The van der Waals surface area contributed by atoms with E-state index in [1.54, 1.807) is 0 Å². The normalized spacial score (nSPS) is 16.2. The molecule has 6 heteroatoms. The molecule has 1 aliphatic rings. The van der Waals surface area contributed by atoms with E-state index in [4.69, 9.17) is 13.8 Å². The number of aromatic nitrogens is 2. The van der Waals surface area contributed by atoms with E-state index in [1.807, 2.05) is 19.9 Å². The molecule has 0 aromatic carbocycles. The molecule has 3 rings (SSSR count). The van der Waals surface area contributed by atoms with Gasteiger partial charge in [-0.25, -0.2) is 0 Å². The van der Waals surface area contributed by atoms with Crippen LogP contribution in [0, 0.1) is 13.8 Å². The van der Waals surface area contributed by atoms with Crippen LogP contribution in [0.3, 0.4) is 0 Å². The lowest BCUT2D eigenvalue weighted by Gasteiger charge is -2.26. The first-order chi connectivity index (χ1) is 8.75. The summed E-state index contributed by atoms with van der Waals surface area (Å²) in [5.74, 6) is 1.44. The number of nitrogens with zero attached hydrogens (tertiary/aromatic N) is 3. The summed E-state index contributed by atoms with van der Waals surface area (Å²) in [6.07, 6.45) is 0. The average molecular weight is 249 g/mol. The van der Waals surface area contributed by atoms with Crippen LogP contribution < -0.4 is 4.90 Å². The molecule has 2 aromatic heterocycles. The van der Waals surface area contributed by atoms with Crippen molar-refractivity contribution in [2.24, 2.45) is 0 Å². The van der Waals surface area contributed by atoms with Crippen LogP contribution in [-0.2, 0) is 4.74 Å². The second kappa shape index (κ2) is 4.45. The predicted octanol–water partition coefficient (Wildman–Crippen LogP) is 1.78. The minimum atomic E-state index is 0.702. The molecule has 18 heavy (non-hydrogen) atoms. The fourth-order valence-electron chi connectivity index (χ4n) is 2.11. The van der Waals surface area contributed by atoms with Crippen molar-refractivity contribution in [3.8, 4) is 11.3 Å². The van der Waals surface area contributed by atoms with Crippen molar-refractivity contribution in [1.29, 1.82) is 0 Å². The maximum atomic E-state index is 5.43. The zero-order valence-electron chi connectivity index (χ0n) is 10.5. The number of morpholine rings is 1. The monoisotopic (exact) mass is 249 g/mol. The molecule has 0 saturated carbocycles. The summed E-state index contributed by atoms with van der Waals surface area (Å²) in [5.41, 5.74) is 2.55. The van der Waals surface area contributed by atoms with Crippen molar-refractivity contribution in [1.82, 2.24) is 10.3 Å². The smallest absolute Gasteiger partial charge is 0.238 e. The Balaban J connectivity index is 2.00. The number of hydrogen-bond donors (Lipinski definition) is 0. The van der Waals surface area contributed by atoms with Crippen molar-refractivity contribution in [2.45, 2.75) is 13.8 Å². The Morgan fingerprint density at radius 2 is 1.89 bits per heavy atom. The molecule has 0 atom stereocenters. The first-order valence-corrected chi connectivity index (χ1v) is 5.98. The molecule has 6 nitrogen and oxygen atoms in total. The lowest BCUT2D eigenvalue weighted by atomic mass is 10.1. The third-order valence-electron chi connectivity index (χ3n) is 3.02. The summed E-state index contributed by atoms with van der Waals surface area (Å²) < 4.78 is 16.1. The molecule has 2 aromatic rings. The van der Waals surface area contributed by atoms with Gasteiger partial charge in [0.05, 0.1) is 24.6 Å². The SMILES string of the molecule is Cc1cc(-c2c(C)noc2N2CCOCC2)on1. The van der Waals surface area contributed by atoms with Gasteiger partial charge in [0.1, 0.15) is 5.56 Å². The van der Waals surface area contributed by atoms with Crippen LogP contribution in [0.25, 0.3) is 11.3 Å². The first kappa shape index (κ1) is 11.3. The van der Waals surface area contributed by atoms with Gasteiger partial charge in [0.15, 0.2) is 5.76 Å². The number of rotatable bonds is 2. The van der Waals surface area contributed by atoms with E-state index in [-0.39, 0.29) is 0 Å². The molecule has 1 aliphatic heterocycles. The molecule has 0 N–H and O–H groups in total. The van der Waals surface area contributed by atoms with Crippen LogP contribution >= 0.6 is 0 Å². The summed E-state index contributed by atoms with van der Waals surface area (Å²) in [4.78, 5) is 2.12. The number of ether oxygens (including phenoxy) is 1. The fourth-order valence-corrected chi connectivity index (χ4v) is 2.11. The van der Waals surface area contributed by atoms with Gasteiger partial charge >= 0.3 is 0 Å². The van der Waals surface area contributed by atoms with Gasteiger partial charge in [-0.15, -0.1) is 0 Å². The van der Waals surface area contributed by atoms with Crippen LogP contribution in [0.2, 0.25) is 0 Å². The van der Waals surface area contributed by atoms with Crippen LogP contribution in [0.4, 0.5) is 5.88 Å². The van der Waals surface area contributed by atoms with Crippen LogP contribution in [0.5, 0.6) is 0 Å². The summed E-state index contributed by atoms with van der Waals surface area (Å²) in [7, 11) is 0. The van der Waals surface area contributed by atoms with E-state index in [2.05, 4.69) is 15.2 Å². The van der Waals surface area contributed by atoms with Crippen molar-refractivity contribution in [3.05, 3.63) is 17.5 Å². The Bertz CT molecular complexity index is 541. The summed E-state index contributed by atoms with van der Waals surface area (Å²) >= 11 is 0. The molecule has 0 bridgehead atoms. The van der Waals surface area contributed by atoms with Gasteiger partial charge in [0, 0.05) is 19.2 Å². The average Bonchev–Trinajstić information content (AvgIpc) is 2.96. The lowest BCUT2D eigenvalue weighted by Crippen LogP contribution is -2.36. The summed E-state index contributed by atoms with van der Waals surface area (Å²) in [5, 5.41) is 7.94.